The highest BCUT2D eigenvalue weighted by Crippen LogP contribution is 2.27. The lowest BCUT2D eigenvalue weighted by Gasteiger charge is -2.34. The van der Waals surface area contributed by atoms with E-state index in [-0.39, 0.29) is 23.2 Å². The average Bonchev–Trinajstić information content (AvgIpc) is 2.58. The van der Waals surface area contributed by atoms with E-state index in [1.165, 1.54) is 6.07 Å². The third-order valence-corrected chi connectivity index (χ3v) is 4.32. The Morgan fingerprint density at radius 2 is 2.25 bits per heavy atom. The van der Waals surface area contributed by atoms with Crippen LogP contribution in [0.5, 0.6) is 5.75 Å². The minimum atomic E-state index is -0.534. The molecule has 1 aromatic rings. The summed E-state index contributed by atoms with van der Waals surface area (Å²) in [5, 5.41) is 3.44. The van der Waals surface area contributed by atoms with Crippen LogP contribution in [0, 0.1) is 5.82 Å². The molecule has 7 heteroatoms. The molecule has 134 valence electrons. The van der Waals surface area contributed by atoms with E-state index < -0.39 is 11.9 Å². The molecule has 0 spiro atoms. The molecule has 1 heterocycles. The molecule has 1 N–H and O–H groups in total. The molecular formula is C17H24ClFN2O3. The van der Waals surface area contributed by atoms with E-state index in [1.54, 1.807) is 11.0 Å². The van der Waals surface area contributed by atoms with Gasteiger partial charge in [0, 0.05) is 37.3 Å². The van der Waals surface area contributed by atoms with E-state index in [0.29, 0.717) is 18.9 Å². The lowest BCUT2D eigenvalue weighted by Crippen LogP contribution is -2.53. The number of hydrogen-bond donors (Lipinski definition) is 1. The Morgan fingerprint density at radius 1 is 1.46 bits per heavy atom. The molecule has 1 atom stereocenters. The summed E-state index contributed by atoms with van der Waals surface area (Å²) in [6, 6.07) is 2.91. The molecule has 1 aliphatic heterocycles. The van der Waals surface area contributed by atoms with Crippen molar-refractivity contribution in [3.8, 4) is 5.75 Å². The van der Waals surface area contributed by atoms with Crippen molar-refractivity contribution in [1.82, 2.24) is 10.2 Å². The molecule has 0 saturated carbocycles. The minimum absolute atomic E-state index is 0.0939. The average molecular weight is 359 g/mol. The summed E-state index contributed by atoms with van der Waals surface area (Å²) < 4.78 is 24.8. The molecule has 0 radical (unpaired) electrons. The summed E-state index contributed by atoms with van der Waals surface area (Å²) in [4.78, 5) is 13.9. The first-order chi connectivity index (χ1) is 11.6. The Bertz CT molecular complexity index is 548. The van der Waals surface area contributed by atoms with Crippen molar-refractivity contribution in [2.75, 3.05) is 26.2 Å². The molecule has 24 heavy (non-hydrogen) atoms. The first kappa shape index (κ1) is 18.8. The first-order valence-electron chi connectivity index (χ1n) is 8.31. The summed E-state index contributed by atoms with van der Waals surface area (Å²) in [6.45, 7) is 6.32. The van der Waals surface area contributed by atoms with Crippen LogP contribution in [0.3, 0.4) is 0 Å². The summed E-state index contributed by atoms with van der Waals surface area (Å²) in [7, 11) is 0. The highest BCUT2D eigenvalue weighted by molar-refractivity contribution is 6.31. The van der Waals surface area contributed by atoms with Crippen molar-refractivity contribution in [2.24, 2.45) is 0 Å². The maximum absolute atomic E-state index is 14.2. The lowest BCUT2D eigenvalue weighted by molar-refractivity contribution is 0.0707. The van der Waals surface area contributed by atoms with Crippen LogP contribution in [0.25, 0.3) is 0 Å². The number of halogens is 2. The lowest BCUT2D eigenvalue weighted by atomic mass is 10.1. The quantitative estimate of drug-likeness (QED) is 0.844. The van der Waals surface area contributed by atoms with Gasteiger partial charge < -0.3 is 19.7 Å². The first-order valence-corrected chi connectivity index (χ1v) is 8.69. The Labute approximate surface area is 147 Å². The van der Waals surface area contributed by atoms with Crippen molar-refractivity contribution in [3.05, 3.63) is 28.5 Å². The Balaban J connectivity index is 1.99. The van der Waals surface area contributed by atoms with Crippen molar-refractivity contribution >= 4 is 17.7 Å². The van der Waals surface area contributed by atoms with Crippen LogP contribution in [-0.4, -0.2) is 43.3 Å². The maximum atomic E-state index is 14.2. The second-order valence-electron chi connectivity index (χ2n) is 5.73. The highest BCUT2D eigenvalue weighted by atomic mass is 35.5. The van der Waals surface area contributed by atoms with E-state index >= 15 is 0 Å². The van der Waals surface area contributed by atoms with Crippen LogP contribution in [-0.2, 0) is 11.3 Å². The number of carbonyl (C=O) groups excluding carboxylic acids is 1. The van der Waals surface area contributed by atoms with Gasteiger partial charge in [-0.3, -0.25) is 0 Å². The normalized spacial score (nSPS) is 17.7. The van der Waals surface area contributed by atoms with Crippen LogP contribution in [0.15, 0.2) is 12.1 Å². The molecule has 0 aliphatic carbocycles. The van der Waals surface area contributed by atoms with Crippen LogP contribution in [0.2, 0.25) is 5.02 Å². The fourth-order valence-electron chi connectivity index (χ4n) is 2.60. The van der Waals surface area contributed by atoms with E-state index in [4.69, 9.17) is 21.1 Å². The minimum Gasteiger partial charge on any atom is -0.493 e. The molecular weight excluding hydrogens is 335 g/mol. The predicted molar refractivity (Wildman–Crippen MR) is 91.0 cm³/mol. The fourth-order valence-corrected chi connectivity index (χ4v) is 2.86. The van der Waals surface area contributed by atoms with Gasteiger partial charge in [0.1, 0.15) is 18.2 Å². The second-order valence-corrected chi connectivity index (χ2v) is 6.14. The molecule has 1 fully saturated rings. The van der Waals surface area contributed by atoms with Gasteiger partial charge in [-0.15, -0.1) is 0 Å². The van der Waals surface area contributed by atoms with Gasteiger partial charge in [0.05, 0.1) is 11.6 Å². The van der Waals surface area contributed by atoms with Crippen molar-refractivity contribution in [1.29, 1.82) is 0 Å². The van der Waals surface area contributed by atoms with Gasteiger partial charge in [-0.2, -0.15) is 0 Å². The van der Waals surface area contributed by atoms with E-state index in [9.17, 15) is 9.18 Å². The van der Waals surface area contributed by atoms with Crippen LogP contribution in [0.4, 0.5) is 9.18 Å². The summed E-state index contributed by atoms with van der Waals surface area (Å²) in [5.41, 5.74) is 0.164. The van der Waals surface area contributed by atoms with Crippen molar-refractivity contribution < 1.29 is 18.7 Å². The topological polar surface area (TPSA) is 50.8 Å². The zero-order chi connectivity index (χ0) is 17.5. The molecule has 0 aromatic heterocycles. The van der Waals surface area contributed by atoms with Gasteiger partial charge in [0.15, 0.2) is 0 Å². The van der Waals surface area contributed by atoms with E-state index in [2.05, 4.69) is 5.32 Å². The molecule has 0 bridgehead atoms. The number of nitrogens with zero attached hydrogens (tertiary/aromatic N) is 1. The Hall–Kier alpha value is -1.53. The van der Waals surface area contributed by atoms with Gasteiger partial charge in [0.25, 0.3) is 0 Å². The summed E-state index contributed by atoms with van der Waals surface area (Å²) in [5.74, 6) is -0.156. The van der Waals surface area contributed by atoms with Gasteiger partial charge >= 0.3 is 6.09 Å². The number of nitrogens with one attached hydrogen (secondary N) is 1. The van der Waals surface area contributed by atoms with Crippen LogP contribution < -0.4 is 10.1 Å². The third-order valence-electron chi connectivity index (χ3n) is 3.98. The largest absolute Gasteiger partial charge is 0.493 e. The molecule has 1 saturated heterocycles. The predicted octanol–water partition coefficient (Wildman–Crippen LogP) is 3.59. The fraction of sp³-hybridized carbons (Fsp3) is 0.588. The monoisotopic (exact) mass is 358 g/mol. The Morgan fingerprint density at radius 3 is 2.92 bits per heavy atom. The van der Waals surface area contributed by atoms with E-state index in [1.807, 2.05) is 13.8 Å². The van der Waals surface area contributed by atoms with Gasteiger partial charge in [0.2, 0.25) is 0 Å². The van der Waals surface area contributed by atoms with Gasteiger partial charge in [-0.05, 0) is 18.9 Å². The summed E-state index contributed by atoms with van der Waals surface area (Å²) >= 11 is 6.10. The number of benzene rings is 1. The highest BCUT2D eigenvalue weighted by Gasteiger charge is 2.26. The van der Waals surface area contributed by atoms with Gasteiger partial charge in [-0.1, -0.05) is 25.4 Å². The second kappa shape index (κ2) is 9.08. The molecule has 1 aromatic carbocycles. The SMILES string of the molecule is CCCOc1cc(F)c(COC(=O)N2CCNCC2CC)c(Cl)c1. The molecule has 2 rings (SSSR count). The molecule has 1 unspecified atom stereocenters. The number of hydrogen-bond acceptors (Lipinski definition) is 4. The zero-order valence-corrected chi connectivity index (χ0v) is 14.9. The van der Waals surface area contributed by atoms with Crippen molar-refractivity contribution in [3.63, 3.8) is 0 Å². The zero-order valence-electron chi connectivity index (χ0n) is 14.1. The summed E-state index contributed by atoms with van der Waals surface area (Å²) in [6.07, 6.45) is 1.22. The molecule has 1 aliphatic rings. The number of carbonyl (C=O) groups is 1. The smallest absolute Gasteiger partial charge is 0.410 e. The third kappa shape index (κ3) is 4.74. The number of ether oxygens (including phenoxy) is 2. The number of amides is 1. The van der Waals surface area contributed by atoms with E-state index in [0.717, 1.165) is 25.9 Å². The van der Waals surface area contributed by atoms with Crippen LogP contribution >= 0.6 is 11.6 Å². The molecule has 5 nitrogen and oxygen atoms in total. The maximum Gasteiger partial charge on any atom is 0.410 e. The van der Waals surface area contributed by atoms with Gasteiger partial charge in [-0.25, -0.2) is 9.18 Å². The number of piperazine rings is 1. The molecule has 1 amide bonds. The van der Waals surface area contributed by atoms with Crippen LogP contribution in [0.1, 0.15) is 32.3 Å². The Kier molecular flexibility index (Phi) is 7.12. The van der Waals surface area contributed by atoms with Crippen molar-refractivity contribution in [2.45, 2.75) is 39.3 Å². The standard InChI is InChI=1S/C17H24ClFN2O3/c1-3-7-23-13-8-15(18)14(16(19)9-13)11-24-17(22)21-6-5-20-10-12(21)4-2/h8-9,12,20H,3-7,10-11H2,1-2H3. The number of rotatable bonds is 6.